The van der Waals surface area contributed by atoms with Crippen molar-refractivity contribution in [2.45, 2.75) is 96.8 Å². The molecular weight excluding hydrogens is 619 g/mol. The summed E-state index contributed by atoms with van der Waals surface area (Å²) in [4.78, 5) is 30.0. The van der Waals surface area contributed by atoms with Gasteiger partial charge in [0.15, 0.2) is 0 Å². The van der Waals surface area contributed by atoms with Gasteiger partial charge in [-0.05, 0) is 66.4 Å². The van der Waals surface area contributed by atoms with Gasteiger partial charge in [-0.3, -0.25) is 14.1 Å². The predicted molar refractivity (Wildman–Crippen MR) is 200 cm³/mol. The first-order chi connectivity index (χ1) is 23.5. The number of anilines is 1. The quantitative estimate of drug-likeness (QED) is 0.0542. The Bertz CT molecular complexity index is 1610. The van der Waals surface area contributed by atoms with Crippen molar-refractivity contribution in [3.63, 3.8) is 0 Å². The van der Waals surface area contributed by atoms with Gasteiger partial charge in [-0.1, -0.05) is 77.2 Å². The van der Waals surface area contributed by atoms with Gasteiger partial charge >= 0.3 is 5.97 Å². The number of quaternary nitrogens is 1. The zero-order chi connectivity index (χ0) is 33.4. The van der Waals surface area contributed by atoms with E-state index in [1.807, 2.05) is 24.3 Å². The Balaban J connectivity index is 1.07. The van der Waals surface area contributed by atoms with Crippen LogP contribution in [0.5, 0.6) is 5.75 Å². The normalized spacial score (nSPS) is 14.5. The second kappa shape index (κ2) is 19.0. The van der Waals surface area contributed by atoms with Gasteiger partial charge in [0.05, 0.1) is 44.8 Å². The SMILES string of the molecule is CCCCCCCCCCCCCC(=O)OC[N+]1(CCCCOc2ccc3ccc(=O)[nH]c3c2)CCN(c2cccc3sccc23)CC1. The molecule has 0 saturated carbocycles. The number of carbonyl (C=O) groups is 1. The number of pyridine rings is 1. The van der Waals surface area contributed by atoms with E-state index in [0.717, 1.165) is 79.5 Å². The number of aromatic nitrogens is 1. The monoisotopic (exact) mass is 674 g/mol. The fourth-order valence-electron chi connectivity index (χ4n) is 6.97. The van der Waals surface area contributed by atoms with E-state index in [9.17, 15) is 9.59 Å². The van der Waals surface area contributed by atoms with Crippen LogP contribution in [0.2, 0.25) is 0 Å². The number of nitrogens with one attached hydrogen (secondary N) is 1. The number of hydrogen-bond donors (Lipinski definition) is 1. The highest BCUT2D eigenvalue weighted by atomic mass is 32.1. The van der Waals surface area contributed by atoms with Crippen molar-refractivity contribution in [1.82, 2.24) is 4.98 Å². The molecule has 260 valence electrons. The summed E-state index contributed by atoms with van der Waals surface area (Å²) in [7, 11) is 0. The standard InChI is InChI=1S/C40H55N3O4S/c1-2-3-4-5-6-7-8-9-10-11-12-18-40(45)47-32-43(27-24-42(25-28-43)37-16-15-17-38-35(37)23-30-48-38)26-13-14-29-46-34-21-19-33-20-22-39(44)41-36(33)31-34/h15-17,19-23,30-31H,2-14,18,24-29,32H2,1H3/p+1. The van der Waals surface area contributed by atoms with Crippen LogP contribution in [0, 0.1) is 0 Å². The van der Waals surface area contributed by atoms with Crippen molar-refractivity contribution in [1.29, 1.82) is 0 Å². The number of esters is 1. The molecule has 3 heterocycles. The molecule has 1 saturated heterocycles. The highest BCUT2D eigenvalue weighted by Gasteiger charge is 2.34. The van der Waals surface area contributed by atoms with Crippen LogP contribution >= 0.6 is 11.3 Å². The Labute approximate surface area is 290 Å². The molecule has 1 aliphatic heterocycles. The molecule has 7 nitrogen and oxygen atoms in total. The molecule has 0 amide bonds. The van der Waals surface area contributed by atoms with Crippen LogP contribution in [0.15, 0.2) is 64.8 Å². The summed E-state index contributed by atoms with van der Waals surface area (Å²) in [5.74, 6) is 0.715. The zero-order valence-electron chi connectivity index (χ0n) is 29.1. The van der Waals surface area contributed by atoms with E-state index in [4.69, 9.17) is 9.47 Å². The summed E-state index contributed by atoms with van der Waals surface area (Å²) in [6.45, 7) is 8.06. The maximum absolute atomic E-state index is 12.9. The lowest BCUT2D eigenvalue weighted by Crippen LogP contribution is -2.61. The highest BCUT2D eigenvalue weighted by molar-refractivity contribution is 7.17. The second-order valence-electron chi connectivity index (χ2n) is 13.7. The molecule has 1 fully saturated rings. The molecule has 0 radical (unpaired) electrons. The van der Waals surface area contributed by atoms with Crippen LogP contribution in [0.3, 0.4) is 0 Å². The minimum atomic E-state index is -0.111. The molecule has 2 aromatic heterocycles. The van der Waals surface area contributed by atoms with E-state index in [-0.39, 0.29) is 11.5 Å². The van der Waals surface area contributed by atoms with Gasteiger partial charge in [0.25, 0.3) is 0 Å². The first-order valence-electron chi connectivity index (χ1n) is 18.5. The molecule has 2 aromatic carbocycles. The average Bonchev–Trinajstić information content (AvgIpc) is 3.59. The molecule has 4 aromatic rings. The Morgan fingerprint density at radius 3 is 2.35 bits per heavy atom. The topological polar surface area (TPSA) is 71.6 Å². The van der Waals surface area contributed by atoms with Crippen LogP contribution in [-0.4, -0.2) is 61.5 Å². The third-order valence-electron chi connectivity index (χ3n) is 9.98. The Morgan fingerprint density at radius 1 is 0.854 bits per heavy atom. The number of carbonyl (C=O) groups excluding carboxylic acids is 1. The zero-order valence-corrected chi connectivity index (χ0v) is 29.9. The van der Waals surface area contributed by atoms with E-state index in [1.165, 1.54) is 73.6 Å². The van der Waals surface area contributed by atoms with Crippen LogP contribution in [-0.2, 0) is 9.53 Å². The number of rotatable bonds is 21. The molecule has 8 heteroatoms. The summed E-state index contributed by atoms with van der Waals surface area (Å²) in [6.07, 6.45) is 16.4. The lowest BCUT2D eigenvalue weighted by Gasteiger charge is -2.45. The molecule has 0 bridgehead atoms. The lowest BCUT2D eigenvalue weighted by molar-refractivity contribution is -0.944. The number of hydrogen-bond acceptors (Lipinski definition) is 6. The summed E-state index contributed by atoms with van der Waals surface area (Å²) < 4.78 is 14.2. The molecule has 0 atom stereocenters. The van der Waals surface area contributed by atoms with E-state index < -0.39 is 0 Å². The number of aromatic amines is 1. The van der Waals surface area contributed by atoms with Crippen LogP contribution < -0.4 is 15.2 Å². The van der Waals surface area contributed by atoms with Gasteiger partial charge in [0, 0.05) is 34.3 Å². The maximum atomic E-state index is 12.9. The van der Waals surface area contributed by atoms with Crippen molar-refractivity contribution in [2.24, 2.45) is 0 Å². The molecule has 5 rings (SSSR count). The van der Waals surface area contributed by atoms with E-state index >= 15 is 0 Å². The molecule has 0 spiro atoms. The fourth-order valence-corrected chi connectivity index (χ4v) is 7.78. The van der Waals surface area contributed by atoms with Gasteiger partial charge < -0.3 is 19.4 Å². The fraction of sp³-hybridized carbons (Fsp3) is 0.550. The molecule has 1 aliphatic rings. The Hall–Kier alpha value is -3.36. The lowest BCUT2D eigenvalue weighted by atomic mass is 10.1. The highest BCUT2D eigenvalue weighted by Crippen LogP contribution is 2.32. The minimum Gasteiger partial charge on any atom is -0.494 e. The summed E-state index contributed by atoms with van der Waals surface area (Å²) in [6, 6.07) is 18.0. The number of thiophene rings is 1. The number of nitrogens with zero attached hydrogens (tertiary/aromatic N) is 2. The number of unbranched alkanes of at least 4 members (excludes halogenated alkanes) is 11. The molecule has 48 heavy (non-hydrogen) atoms. The third-order valence-corrected chi connectivity index (χ3v) is 10.9. The number of benzene rings is 2. The van der Waals surface area contributed by atoms with Crippen LogP contribution in [0.1, 0.15) is 96.8 Å². The Kier molecular flexibility index (Phi) is 14.2. The summed E-state index contributed by atoms with van der Waals surface area (Å²) >= 11 is 1.79. The van der Waals surface area contributed by atoms with E-state index in [2.05, 4.69) is 46.5 Å². The van der Waals surface area contributed by atoms with Crippen molar-refractivity contribution in [3.8, 4) is 5.75 Å². The average molecular weight is 675 g/mol. The minimum absolute atomic E-state index is 0.0495. The van der Waals surface area contributed by atoms with Crippen molar-refractivity contribution >= 4 is 44.0 Å². The van der Waals surface area contributed by atoms with Crippen molar-refractivity contribution < 1.29 is 18.8 Å². The van der Waals surface area contributed by atoms with Gasteiger partial charge in [-0.25, -0.2) is 0 Å². The number of ether oxygens (including phenoxy) is 2. The Morgan fingerprint density at radius 2 is 1.58 bits per heavy atom. The van der Waals surface area contributed by atoms with Crippen molar-refractivity contribution in [3.05, 3.63) is 70.3 Å². The number of piperazine rings is 1. The largest absolute Gasteiger partial charge is 0.494 e. The molecule has 1 N–H and O–H groups in total. The summed E-state index contributed by atoms with van der Waals surface area (Å²) in [5.41, 5.74) is 1.99. The summed E-state index contributed by atoms with van der Waals surface area (Å²) in [5, 5.41) is 4.49. The van der Waals surface area contributed by atoms with Crippen LogP contribution in [0.4, 0.5) is 5.69 Å². The van der Waals surface area contributed by atoms with Gasteiger partial charge in [0.1, 0.15) is 5.75 Å². The number of H-pyrrole nitrogens is 1. The van der Waals surface area contributed by atoms with Crippen LogP contribution in [0.25, 0.3) is 21.0 Å². The molecule has 0 unspecified atom stereocenters. The third kappa shape index (κ3) is 10.8. The van der Waals surface area contributed by atoms with E-state index in [1.54, 1.807) is 17.4 Å². The maximum Gasteiger partial charge on any atom is 0.310 e. The van der Waals surface area contributed by atoms with E-state index in [0.29, 0.717) is 19.8 Å². The van der Waals surface area contributed by atoms with Gasteiger partial charge in [-0.15, -0.1) is 11.3 Å². The van der Waals surface area contributed by atoms with Gasteiger partial charge in [-0.2, -0.15) is 0 Å². The van der Waals surface area contributed by atoms with Crippen molar-refractivity contribution in [2.75, 3.05) is 51.0 Å². The van der Waals surface area contributed by atoms with Gasteiger partial charge in [0.2, 0.25) is 12.3 Å². The first kappa shape index (κ1) is 35.9. The first-order valence-corrected chi connectivity index (χ1v) is 19.4. The predicted octanol–water partition coefficient (Wildman–Crippen LogP) is 9.44. The molecular formula is C40H56N3O4S+. The second-order valence-corrected chi connectivity index (χ2v) is 14.6. The smallest absolute Gasteiger partial charge is 0.310 e. The number of fused-ring (bicyclic) bond motifs is 2. The molecule has 0 aliphatic carbocycles.